The standard InChI is InChI=1S/C13H18F3N.C6H4N2O4/c1-3-9-17(10-4-2)12-7-5-11(6-8-12)13(14,15)16;9-7(10)5-2-1-3-6(4-5)8(11)12/h5-8H,3-4,9-10H2,1-2H3;1-4H. The number of nitro benzene ring substituents is 2. The fourth-order valence-electron chi connectivity index (χ4n) is 2.49. The lowest BCUT2D eigenvalue weighted by molar-refractivity contribution is -0.394. The third kappa shape index (κ3) is 7.76. The van der Waals surface area contributed by atoms with E-state index in [2.05, 4.69) is 18.7 Å². The van der Waals surface area contributed by atoms with Crippen LogP contribution < -0.4 is 4.90 Å². The molecule has 0 saturated carbocycles. The normalized spacial score (nSPS) is 10.7. The Morgan fingerprint density at radius 3 is 1.66 bits per heavy atom. The Labute approximate surface area is 166 Å². The second-order valence-electron chi connectivity index (χ2n) is 6.07. The summed E-state index contributed by atoms with van der Waals surface area (Å²) in [4.78, 5) is 21.1. The molecule has 0 bridgehead atoms. The van der Waals surface area contributed by atoms with Crippen LogP contribution in [-0.4, -0.2) is 22.9 Å². The summed E-state index contributed by atoms with van der Waals surface area (Å²) in [6.45, 7) is 5.87. The van der Waals surface area contributed by atoms with Gasteiger partial charge in [0.05, 0.1) is 21.5 Å². The molecule has 0 heterocycles. The average molecular weight is 413 g/mol. The summed E-state index contributed by atoms with van der Waals surface area (Å²) in [5, 5.41) is 20.3. The highest BCUT2D eigenvalue weighted by atomic mass is 19.4. The number of non-ortho nitro benzene ring substituents is 2. The Hall–Kier alpha value is -3.17. The molecule has 0 radical (unpaired) electrons. The van der Waals surface area contributed by atoms with Gasteiger partial charge in [-0.1, -0.05) is 13.8 Å². The number of nitro groups is 2. The molecule has 0 amide bonds. The van der Waals surface area contributed by atoms with E-state index in [1.54, 1.807) is 12.1 Å². The van der Waals surface area contributed by atoms with E-state index in [9.17, 15) is 33.4 Å². The Balaban J connectivity index is 0.000000308. The molecular formula is C19H22F3N3O4. The van der Waals surface area contributed by atoms with Gasteiger partial charge in [-0.25, -0.2) is 0 Å². The molecule has 2 rings (SSSR count). The van der Waals surface area contributed by atoms with Crippen LogP contribution in [0.5, 0.6) is 0 Å². The van der Waals surface area contributed by atoms with Crippen LogP contribution in [-0.2, 0) is 6.18 Å². The predicted octanol–water partition coefficient (Wildman–Crippen LogP) is 5.83. The number of rotatable bonds is 7. The molecular weight excluding hydrogens is 391 g/mol. The van der Waals surface area contributed by atoms with E-state index in [-0.39, 0.29) is 11.4 Å². The first-order valence-corrected chi connectivity index (χ1v) is 8.91. The van der Waals surface area contributed by atoms with E-state index >= 15 is 0 Å². The van der Waals surface area contributed by atoms with E-state index in [0.717, 1.165) is 49.8 Å². The smallest absolute Gasteiger partial charge is 0.372 e. The second kappa shape index (κ2) is 11.0. The number of benzene rings is 2. The number of anilines is 1. The van der Waals surface area contributed by atoms with E-state index < -0.39 is 21.6 Å². The minimum atomic E-state index is -4.25. The first-order chi connectivity index (χ1) is 13.6. The highest BCUT2D eigenvalue weighted by Crippen LogP contribution is 2.30. The molecule has 0 saturated heterocycles. The Kier molecular flexibility index (Phi) is 9.04. The summed E-state index contributed by atoms with van der Waals surface area (Å²) in [7, 11) is 0. The number of alkyl halides is 3. The lowest BCUT2D eigenvalue weighted by Crippen LogP contribution is -2.24. The van der Waals surface area contributed by atoms with Crippen LogP contribution in [0.25, 0.3) is 0 Å². The molecule has 0 atom stereocenters. The average Bonchev–Trinajstić information content (AvgIpc) is 2.68. The van der Waals surface area contributed by atoms with Crippen LogP contribution in [0.15, 0.2) is 48.5 Å². The van der Waals surface area contributed by atoms with Crippen molar-refractivity contribution in [2.45, 2.75) is 32.9 Å². The highest BCUT2D eigenvalue weighted by molar-refractivity contribution is 5.48. The minimum Gasteiger partial charge on any atom is -0.372 e. The molecule has 0 aliphatic carbocycles. The van der Waals surface area contributed by atoms with Crippen molar-refractivity contribution in [3.05, 3.63) is 74.3 Å². The number of nitrogens with zero attached hydrogens (tertiary/aromatic N) is 3. The summed E-state index contributed by atoms with van der Waals surface area (Å²) < 4.78 is 37.2. The van der Waals surface area contributed by atoms with Gasteiger partial charge in [-0.2, -0.15) is 13.2 Å². The van der Waals surface area contributed by atoms with Gasteiger partial charge in [-0.05, 0) is 43.2 Å². The molecule has 7 nitrogen and oxygen atoms in total. The largest absolute Gasteiger partial charge is 0.416 e. The van der Waals surface area contributed by atoms with Crippen LogP contribution in [0.3, 0.4) is 0 Å². The van der Waals surface area contributed by atoms with Gasteiger partial charge in [0.15, 0.2) is 0 Å². The van der Waals surface area contributed by atoms with Crippen molar-refractivity contribution in [3.8, 4) is 0 Å². The molecule has 0 aromatic heterocycles. The van der Waals surface area contributed by atoms with E-state index in [4.69, 9.17) is 0 Å². The molecule has 0 aliphatic rings. The van der Waals surface area contributed by atoms with Crippen LogP contribution in [0, 0.1) is 20.2 Å². The summed E-state index contributed by atoms with van der Waals surface area (Å²) in [6.07, 6.45) is -2.28. The van der Waals surface area contributed by atoms with Gasteiger partial charge in [-0.15, -0.1) is 0 Å². The molecule has 0 aliphatic heterocycles. The van der Waals surface area contributed by atoms with Crippen LogP contribution in [0.2, 0.25) is 0 Å². The zero-order valence-electron chi connectivity index (χ0n) is 16.1. The van der Waals surface area contributed by atoms with Crippen molar-refractivity contribution in [2.24, 2.45) is 0 Å². The van der Waals surface area contributed by atoms with Crippen LogP contribution in [0.1, 0.15) is 32.3 Å². The molecule has 10 heteroatoms. The van der Waals surface area contributed by atoms with Crippen molar-refractivity contribution in [2.75, 3.05) is 18.0 Å². The molecule has 0 N–H and O–H groups in total. The van der Waals surface area contributed by atoms with Gasteiger partial charge in [0.25, 0.3) is 11.4 Å². The van der Waals surface area contributed by atoms with Crippen LogP contribution in [0.4, 0.5) is 30.2 Å². The van der Waals surface area contributed by atoms with E-state index in [1.807, 2.05) is 0 Å². The molecule has 2 aromatic rings. The fraction of sp³-hybridized carbons (Fsp3) is 0.368. The molecule has 29 heavy (non-hydrogen) atoms. The summed E-state index contributed by atoms with van der Waals surface area (Å²) in [6, 6.07) is 9.99. The first-order valence-electron chi connectivity index (χ1n) is 8.91. The minimum absolute atomic E-state index is 0.274. The number of hydrogen-bond donors (Lipinski definition) is 0. The lowest BCUT2D eigenvalue weighted by Gasteiger charge is -2.24. The van der Waals surface area contributed by atoms with Crippen LogP contribution >= 0.6 is 0 Å². The summed E-state index contributed by atoms with van der Waals surface area (Å²) >= 11 is 0. The molecule has 158 valence electrons. The van der Waals surface area contributed by atoms with Gasteiger partial charge in [-0.3, -0.25) is 20.2 Å². The molecule has 0 unspecified atom stereocenters. The Morgan fingerprint density at radius 1 is 0.862 bits per heavy atom. The van der Waals surface area contributed by atoms with Gasteiger partial charge in [0.1, 0.15) is 0 Å². The molecule has 0 fully saturated rings. The third-order valence-corrected chi connectivity index (χ3v) is 3.80. The maximum atomic E-state index is 12.4. The predicted molar refractivity (Wildman–Crippen MR) is 104 cm³/mol. The summed E-state index contributed by atoms with van der Waals surface area (Å²) in [5.74, 6) is 0. The monoisotopic (exact) mass is 413 g/mol. The topological polar surface area (TPSA) is 89.5 Å². The molecule has 2 aromatic carbocycles. The second-order valence-corrected chi connectivity index (χ2v) is 6.07. The maximum absolute atomic E-state index is 12.4. The quantitative estimate of drug-likeness (QED) is 0.420. The Morgan fingerprint density at radius 2 is 1.31 bits per heavy atom. The lowest BCUT2D eigenvalue weighted by atomic mass is 10.2. The van der Waals surface area contributed by atoms with Crippen molar-refractivity contribution in [3.63, 3.8) is 0 Å². The first kappa shape index (κ1) is 23.9. The highest BCUT2D eigenvalue weighted by Gasteiger charge is 2.30. The molecule has 0 spiro atoms. The van der Waals surface area contributed by atoms with Gasteiger partial charge in [0, 0.05) is 30.9 Å². The van der Waals surface area contributed by atoms with Gasteiger partial charge < -0.3 is 4.90 Å². The van der Waals surface area contributed by atoms with Crippen molar-refractivity contribution < 1.29 is 23.0 Å². The number of halogens is 3. The fourth-order valence-corrected chi connectivity index (χ4v) is 2.49. The zero-order chi connectivity index (χ0) is 22.0. The zero-order valence-corrected chi connectivity index (χ0v) is 16.1. The van der Waals surface area contributed by atoms with Crippen molar-refractivity contribution in [1.82, 2.24) is 0 Å². The van der Waals surface area contributed by atoms with Crippen molar-refractivity contribution in [1.29, 1.82) is 0 Å². The number of hydrogen-bond acceptors (Lipinski definition) is 5. The van der Waals surface area contributed by atoms with E-state index in [0.29, 0.717) is 0 Å². The maximum Gasteiger partial charge on any atom is 0.416 e. The Bertz CT molecular complexity index is 776. The third-order valence-electron chi connectivity index (χ3n) is 3.80. The van der Waals surface area contributed by atoms with Crippen molar-refractivity contribution >= 4 is 17.1 Å². The van der Waals surface area contributed by atoms with Gasteiger partial charge >= 0.3 is 6.18 Å². The SMILES string of the molecule is CCCN(CCC)c1ccc(C(F)(F)F)cc1.O=[N+]([O-])c1cccc([N+](=O)[O-])c1. The van der Waals surface area contributed by atoms with E-state index in [1.165, 1.54) is 18.2 Å². The summed E-state index contributed by atoms with van der Waals surface area (Å²) in [5.41, 5.74) is -0.274. The van der Waals surface area contributed by atoms with Gasteiger partial charge in [0.2, 0.25) is 0 Å².